The second-order valence-electron chi connectivity index (χ2n) is 2.29. The van der Waals surface area contributed by atoms with E-state index in [9.17, 15) is 0 Å². The second kappa shape index (κ2) is 3.65. The fourth-order valence-corrected chi connectivity index (χ4v) is 0.755. The van der Waals surface area contributed by atoms with E-state index in [2.05, 4.69) is 0 Å². The summed E-state index contributed by atoms with van der Waals surface area (Å²) in [6.45, 7) is 4.88. The summed E-state index contributed by atoms with van der Waals surface area (Å²) in [4.78, 5) is 1.62. The van der Waals surface area contributed by atoms with Crippen LogP contribution in [0.2, 0.25) is 0 Å². The highest BCUT2D eigenvalue weighted by atomic mass is 35.5. The highest BCUT2D eigenvalue weighted by Gasteiger charge is 2.23. The minimum Gasteiger partial charge on any atom is -0.288 e. The molecule has 0 saturated carbocycles. The molecule has 0 radical (unpaired) electrons. The van der Waals surface area contributed by atoms with E-state index in [4.69, 9.17) is 23.2 Å². The molecule has 0 N–H and O–H groups in total. The number of alkyl halides is 2. The van der Waals surface area contributed by atoms with Crippen LogP contribution < -0.4 is 0 Å². The molecule has 0 amide bonds. The molecule has 1 unspecified atom stereocenters. The molecule has 0 spiro atoms. The van der Waals surface area contributed by atoms with E-state index in [-0.39, 0.29) is 5.00 Å². The van der Waals surface area contributed by atoms with Gasteiger partial charge in [0.2, 0.25) is 0 Å². The fourth-order valence-electron chi connectivity index (χ4n) is 0.432. The van der Waals surface area contributed by atoms with Crippen LogP contribution in [0.25, 0.3) is 0 Å². The van der Waals surface area contributed by atoms with Crippen LogP contribution in [0.3, 0.4) is 0 Å². The first-order valence-electron chi connectivity index (χ1n) is 3.00. The lowest BCUT2D eigenvalue weighted by Crippen LogP contribution is -2.40. The summed E-state index contributed by atoms with van der Waals surface area (Å²) in [7, 11) is 1.95. The van der Waals surface area contributed by atoms with Gasteiger partial charge in [0.15, 0.2) is 0 Å². The average molecular weight is 170 g/mol. The molecule has 56 valence electrons. The molecule has 0 heterocycles. The first-order chi connectivity index (χ1) is 4.04. The minimum absolute atomic E-state index is 0.379. The lowest BCUT2D eigenvalue weighted by atomic mass is 10.3. The molecule has 1 atom stereocenters. The van der Waals surface area contributed by atoms with Crippen LogP contribution in [0, 0.1) is 0 Å². The van der Waals surface area contributed by atoms with E-state index in [1.807, 2.05) is 25.8 Å². The third kappa shape index (κ3) is 2.74. The topological polar surface area (TPSA) is 3.24 Å². The summed E-state index contributed by atoms with van der Waals surface area (Å²) in [5, 5.41) is 0. The summed E-state index contributed by atoms with van der Waals surface area (Å²) in [6, 6.07) is 0. The van der Waals surface area contributed by atoms with E-state index in [0.717, 1.165) is 6.54 Å². The van der Waals surface area contributed by atoms with Crippen molar-refractivity contribution in [1.29, 1.82) is 0 Å². The Morgan fingerprint density at radius 1 is 1.56 bits per heavy atom. The van der Waals surface area contributed by atoms with Crippen molar-refractivity contribution in [2.75, 3.05) is 19.5 Å². The lowest BCUT2D eigenvalue weighted by molar-refractivity contribution is 0.253. The highest BCUT2D eigenvalue weighted by Crippen LogP contribution is 2.19. The SMILES string of the molecule is CCN(C)C(C)(Cl)CCl. The molecule has 0 fully saturated rings. The Morgan fingerprint density at radius 2 is 2.00 bits per heavy atom. The van der Waals surface area contributed by atoms with E-state index in [1.165, 1.54) is 0 Å². The number of hydrogen-bond acceptors (Lipinski definition) is 1. The third-order valence-corrected chi connectivity index (χ3v) is 2.59. The van der Waals surface area contributed by atoms with Gasteiger partial charge in [-0.25, -0.2) is 0 Å². The number of halogens is 2. The average Bonchev–Trinajstić information content (AvgIpc) is 1.86. The van der Waals surface area contributed by atoms with Crippen molar-refractivity contribution in [1.82, 2.24) is 4.90 Å². The summed E-state index contributed by atoms with van der Waals surface area (Å²) < 4.78 is 0. The van der Waals surface area contributed by atoms with Crippen LogP contribution in [0.5, 0.6) is 0 Å². The summed E-state index contributed by atoms with van der Waals surface area (Å²) in [5.41, 5.74) is 0. The zero-order valence-electron chi connectivity index (χ0n) is 6.12. The third-order valence-electron chi connectivity index (χ3n) is 1.51. The summed E-state index contributed by atoms with van der Waals surface area (Å²) in [6.07, 6.45) is 0. The van der Waals surface area contributed by atoms with Gasteiger partial charge in [0.25, 0.3) is 0 Å². The normalized spacial score (nSPS) is 18.0. The van der Waals surface area contributed by atoms with Gasteiger partial charge in [-0.15, -0.1) is 23.2 Å². The Balaban J connectivity index is 3.80. The monoisotopic (exact) mass is 169 g/mol. The van der Waals surface area contributed by atoms with Crippen molar-refractivity contribution < 1.29 is 0 Å². The Hall–Kier alpha value is 0.540. The van der Waals surface area contributed by atoms with E-state index in [1.54, 1.807) is 0 Å². The first-order valence-corrected chi connectivity index (χ1v) is 3.92. The molecule has 1 nitrogen and oxygen atoms in total. The van der Waals surface area contributed by atoms with Crippen molar-refractivity contribution in [3.8, 4) is 0 Å². The largest absolute Gasteiger partial charge is 0.288 e. The Labute approximate surface area is 66.9 Å². The molecular formula is C6H13Cl2N. The van der Waals surface area contributed by atoms with E-state index in [0.29, 0.717) is 5.88 Å². The van der Waals surface area contributed by atoms with Crippen LogP contribution in [0.1, 0.15) is 13.8 Å². The highest BCUT2D eigenvalue weighted by molar-refractivity contribution is 6.30. The summed E-state index contributed by atoms with van der Waals surface area (Å²) >= 11 is 11.6. The van der Waals surface area contributed by atoms with Gasteiger partial charge in [-0.05, 0) is 20.5 Å². The number of hydrogen-bond donors (Lipinski definition) is 0. The Morgan fingerprint density at radius 3 is 2.11 bits per heavy atom. The van der Waals surface area contributed by atoms with Crippen molar-refractivity contribution >= 4 is 23.2 Å². The number of nitrogens with zero attached hydrogens (tertiary/aromatic N) is 1. The van der Waals surface area contributed by atoms with Gasteiger partial charge in [-0.2, -0.15) is 0 Å². The van der Waals surface area contributed by atoms with Gasteiger partial charge in [-0.3, -0.25) is 4.90 Å². The molecule has 0 rings (SSSR count). The maximum atomic E-state index is 5.97. The lowest BCUT2D eigenvalue weighted by Gasteiger charge is -2.29. The van der Waals surface area contributed by atoms with Crippen molar-refractivity contribution in [3.63, 3.8) is 0 Å². The predicted octanol–water partition coefficient (Wildman–Crippen LogP) is 2.13. The Bertz CT molecular complexity index is 83.1. The molecular weight excluding hydrogens is 157 g/mol. The van der Waals surface area contributed by atoms with Crippen LogP contribution in [0.15, 0.2) is 0 Å². The van der Waals surface area contributed by atoms with Gasteiger partial charge in [0.1, 0.15) is 5.00 Å². The van der Waals surface area contributed by atoms with Crippen molar-refractivity contribution in [2.24, 2.45) is 0 Å². The van der Waals surface area contributed by atoms with Gasteiger partial charge < -0.3 is 0 Å². The molecule has 0 aliphatic rings. The molecule has 0 aromatic heterocycles. The molecule has 3 heteroatoms. The molecule has 0 aromatic rings. The zero-order chi connectivity index (χ0) is 7.49. The quantitative estimate of drug-likeness (QED) is 0.463. The minimum atomic E-state index is -0.379. The number of rotatable bonds is 3. The Kier molecular flexibility index (Phi) is 3.86. The van der Waals surface area contributed by atoms with Crippen LogP contribution >= 0.6 is 23.2 Å². The fraction of sp³-hybridized carbons (Fsp3) is 1.00. The zero-order valence-corrected chi connectivity index (χ0v) is 7.63. The molecule has 0 saturated heterocycles. The van der Waals surface area contributed by atoms with Crippen LogP contribution in [-0.2, 0) is 0 Å². The van der Waals surface area contributed by atoms with E-state index < -0.39 is 0 Å². The molecule has 0 aliphatic carbocycles. The smallest absolute Gasteiger partial charge is 0.107 e. The first kappa shape index (κ1) is 9.54. The van der Waals surface area contributed by atoms with Crippen molar-refractivity contribution in [3.05, 3.63) is 0 Å². The van der Waals surface area contributed by atoms with Crippen molar-refractivity contribution in [2.45, 2.75) is 18.8 Å². The molecule has 9 heavy (non-hydrogen) atoms. The van der Waals surface area contributed by atoms with Gasteiger partial charge in [0, 0.05) is 0 Å². The maximum Gasteiger partial charge on any atom is 0.107 e. The standard InChI is InChI=1S/C6H13Cl2N/c1-4-9(3)6(2,8)5-7/h4-5H2,1-3H3. The maximum absolute atomic E-state index is 5.97. The van der Waals surface area contributed by atoms with Gasteiger partial charge in [-0.1, -0.05) is 6.92 Å². The summed E-state index contributed by atoms with van der Waals surface area (Å²) in [5.74, 6) is 0.457. The van der Waals surface area contributed by atoms with E-state index >= 15 is 0 Å². The molecule has 0 aliphatic heterocycles. The van der Waals surface area contributed by atoms with Crippen LogP contribution in [-0.4, -0.2) is 29.4 Å². The van der Waals surface area contributed by atoms with Crippen LogP contribution in [0.4, 0.5) is 0 Å². The predicted molar refractivity (Wildman–Crippen MR) is 43.3 cm³/mol. The van der Waals surface area contributed by atoms with Gasteiger partial charge >= 0.3 is 0 Å². The second-order valence-corrected chi connectivity index (χ2v) is 3.37. The molecule has 0 aromatic carbocycles. The van der Waals surface area contributed by atoms with Gasteiger partial charge in [0.05, 0.1) is 5.88 Å². The molecule has 0 bridgehead atoms.